The number of carbonyl (C=O) groups is 2. The van der Waals surface area contributed by atoms with Gasteiger partial charge in [-0.25, -0.2) is 9.59 Å². The maximum atomic E-state index is 11.7. The van der Waals surface area contributed by atoms with Crippen LogP contribution in [-0.2, 0) is 0 Å². The molecule has 3 N–H and O–H groups in total. The normalized spacial score (nSPS) is 14.1. The summed E-state index contributed by atoms with van der Waals surface area (Å²) in [6, 6.07) is 6.61. The van der Waals surface area contributed by atoms with Gasteiger partial charge >= 0.3 is 12.0 Å². The van der Waals surface area contributed by atoms with E-state index in [1.165, 1.54) is 18.9 Å². The molecule has 0 radical (unpaired) electrons. The van der Waals surface area contributed by atoms with Gasteiger partial charge in [-0.2, -0.15) is 0 Å². The lowest BCUT2D eigenvalue weighted by Crippen LogP contribution is -2.36. The molecule has 108 valence electrons. The number of rotatable bonds is 6. The molecule has 0 spiro atoms. The van der Waals surface area contributed by atoms with Crippen molar-refractivity contribution in [3.8, 4) is 0 Å². The smallest absolute Gasteiger partial charge is 0.337 e. The first-order valence-corrected chi connectivity index (χ1v) is 6.65. The van der Waals surface area contributed by atoms with E-state index in [-0.39, 0.29) is 11.6 Å². The molecule has 1 aromatic rings. The zero-order chi connectivity index (χ0) is 14.5. The number of likely N-dealkylation sites (N-methyl/N-ethyl adjacent to an activating group) is 1. The minimum Gasteiger partial charge on any atom is -0.478 e. The standard InChI is InChI=1S/C14H19N3O3/c1-17(10-6-7-10)9-8-15-14(20)16-12-5-3-2-4-11(12)13(18)19/h2-5,10H,6-9H2,1H3,(H,18,19)(H2,15,16,20). The van der Waals surface area contributed by atoms with E-state index in [4.69, 9.17) is 5.11 Å². The van der Waals surface area contributed by atoms with Crippen LogP contribution in [0.15, 0.2) is 24.3 Å². The van der Waals surface area contributed by atoms with Crippen molar-refractivity contribution >= 4 is 17.7 Å². The maximum Gasteiger partial charge on any atom is 0.337 e. The summed E-state index contributed by atoms with van der Waals surface area (Å²) in [5.41, 5.74) is 0.380. The van der Waals surface area contributed by atoms with E-state index in [9.17, 15) is 9.59 Å². The molecule has 1 fully saturated rings. The molecule has 1 aliphatic carbocycles. The highest BCUT2D eigenvalue weighted by molar-refractivity contribution is 5.99. The number of aromatic carboxylic acids is 1. The molecule has 0 aliphatic heterocycles. The van der Waals surface area contributed by atoms with Crippen molar-refractivity contribution in [1.82, 2.24) is 10.2 Å². The van der Waals surface area contributed by atoms with Crippen LogP contribution in [0.4, 0.5) is 10.5 Å². The first kappa shape index (κ1) is 14.3. The van der Waals surface area contributed by atoms with Crippen LogP contribution in [0, 0.1) is 0 Å². The number of carboxylic acid groups (broad SMARTS) is 1. The second-order valence-corrected chi connectivity index (χ2v) is 4.94. The van der Waals surface area contributed by atoms with Gasteiger partial charge in [0.25, 0.3) is 0 Å². The molecule has 1 saturated carbocycles. The minimum absolute atomic E-state index is 0.0812. The number of benzene rings is 1. The van der Waals surface area contributed by atoms with Crippen LogP contribution in [-0.4, -0.2) is 48.2 Å². The number of carboxylic acids is 1. The summed E-state index contributed by atoms with van der Waals surface area (Å²) in [6.07, 6.45) is 2.46. The van der Waals surface area contributed by atoms with Crippen molar-refractivity contribution in [2.75, 3.05) is 25.5 Å². The molecule has 0 heterocycles. The van der Waals surface area contributed by atoms with Crippen LogP contribution in [0.3, 0.4) is 0 Å². The van der Waals surface area contributed by atoms with Gasteiger partial charge in [0.05, 0.1) is 11.3 Å². The third kappa shape index (κ3) is 3.96. The zero-order valence-corrected chi connectivity index (χ0v) is 11.4. The average Bonchev–Trinajstić information content (AvgIpc) is 3.23. The second-order valence-electron chi connectivity index (χ2n) is 4.94. The number of carbonyl (C=O) groups excluding carboxylic acids is 1. The summed E-state index contributed by atoms with van der Waals surface area (Å²) in [5.74, 6) is -1.06. The SMILES string of the molecule is CN(CCNC(=O)Nc1ccccc1C(=O)O)C1CC1. The van der Waals surface area contributed by atoms with Crippen molar-refractivity contribution in [1.29, 1.82) is 0 Å². The van der Waals surface area contributed by atoms with Gasteiger partial charge < -0.3 is 20.6 Å². The number of nitrogens with one attached hydrogen (secondary N) is 2. The summed E-state index contributed by atoms with van der Waals surface area (Å²) >= 11 is 0. The Labute approximate surface area is 117 Å². The van der Waals surface area contributed by atoms with Crippen molar-refractivity contribution in [2.24, 2.45) is 0 Å². The Morgan fingerprint density at radius 3 is 2.70 bits per heavy atom. The predicted octanol–water partition coefficient (Wildman–Crippen LogP) is 1.60. The Morgan fingerprint density at radius 2 is 2.05 bits per heavy atom. The Balaban J connectivity index is 1.80. The zero-order valence-electron chi connectivity index (χ0n) is 11.4. The van der Waals surface area contributed by atoms with Crippen LogP contribution in [0.2, 0.25) is 0 Å². The summed E-state index contributed by atoms with van der Waals surface area (Å²) in [6.45, 7) is 1.33. The van der Waals surface area contributed by atoms with Gasteiger partial charge in [-0.05, 0) is 32.0 Å². The van der Waals surface area contributed by atoms with Gasteiger partial charge in [0.1, 0.15) is 0 Å². The van der Waals surface area contributed by atoms with Gasteiger partial charge in [0, 0.05) is 19.1 Å². The first-order valence-electron chi connectivity index (χ1n) is 6.65. The maximum absolute atomic E-state index is 11.7. The summed E-state index contributed by atoms with van der Waals surface area (Å²) in [5, 5.41) is 14.3. The third-order valence-corrected chi connectivity index (χ3v) is 3.33. The topological polar surface area (TPSA) is 81.7 Å². The van der Waals surface area contributed by atoms with Gasteiger partial charge in [-0.15, -0.1) is 0 Å². The third-order valence-electron chi connectivity index (χ3n) is 3.33. The van der Waals surface area contributed by atoms with Crippen molar-refractivity contribution in [3.05, 3.63) is 29.8 Å². The predicted molar refractivity (Wildman–Crippen MR) is 76.1 cm³/mol. The van der Waals surface area contributed by atoms with Gasteiger partial charge in [-0.3, -0.25) is 0 Å². The molecule has 2 amide bonds. The van der Waals surface area contributed by atoms with E-state index in [1.54, 1.807) is 18.2 Å². The fraction of sp³-hybridized carbons (Fsp3) is 0.429. The number of para-hydroxylation sites is 1. The molecule has 6 nitrogen and oxygen atoms in total. The van der Waals surface area contributed by atoms with E-state index >= 15 is 0 Å². The largest absolute Gasteiger partial charge is 0.478 e. The van der Waals surface area contributed by atoms with E-state index in [0.29, 0.717) is 18.3 Å². The van der Waals surface area contributed by atoms with Crippen molar-refractivity contribution in [3.63, 3.8) is 0 Å². The van der Waals surface area contributed by atoms with E-state index in [2.05, 4.69) is 15.5 Å². The highest BCUT2D eigenvalue weighted by Crippen LogP contribution is 2.24. The molecular formula is C14H19N3O3. The molecule has 6 heteroatoms. The van der Waals surface area contributed by atoms with E-state index < -0.39 is 5.97 Å². The number of hydrogen-bond donors (Lipinski definition) is 3. The van der Waals surface area contributed by atoms with Crippen LogP contribution in [0.25, 0.3) is 0 Å². The van der Waals surface area contributed by atoms with Crippen LogP contribution < -0.4 is 10.6 Å². The highest BCUT2D eigenvalue weighted by Gasteiger charge is 2.25. The lowest BCUT2D eigenvalue weighted by molar-refractivity contribution is 0.0698. The van der Waals surface area contributed by atoms with Gasteiger partial charge in [-0.1, -0.05) is 12.1 Å². The molecule has 0 atom stereocenters. The Bertz CT molecular complexity index is 500. The Hall–Kier alpha value is -2.08. The number of nitrogens with zero attached hydrogens (tertiary/aromatic N) is 1. The number of hydrogen-bond acceptors (Lipinski definition) is 3. The fourth-order valence-corrected chi connectivity index (χ4v) is 1.99. The lowest BCUT2D eigenvalue weighted by atomic mass is 10.2. The van der Waals surface area contributed by atoms with E-state index in [1.807, 2.05) is 7.05 Å². The van der Waals surface area contributed by atoms with E-state index in [0.717, 1.165) is 6.54 Å². The van der Waals surface area contributed by atoms with Crippen LogP contribution >= 0.6 is 0 Å². The molecular weight excluding hydrogens is 258 g/mol. The Morgan fingerprint density at radius 1 is 1.35 bits per heavy atom. The molecule has 0 bridgehead atoms. The van der Waals surface area contributed by atoms with Crippen LogP contribution in [0.1, 0.15) is 23.2 Å². The second kappa shape index (κ2) is 6.38. The average molecular weight is 277 g/mol. The fourth-order valence-electron chi connectivity index (χ4n) is 1.99. The minimum atomic E-state index is -1.06. The summed E-state index contributed by atoms with van der Waals surface area (Å²) in [7, 11) is 2.04. The highest BCUT2D eigenvalue weighted by atomic mass is 16.4. The molecule has 2 rings (SSSR count). The summed E-state index contributed by atoms with van der Waals surface area (Å²) < 4.78 is 0. The van der Waals surface area contributed by atoms with Crippen LogP contribution in [0.5, 0.6) is 0 Å². The number of amides is 2. The van der Waals surface area contributed by atoms with Gasteiger partial charge in [0.2, 0.25) is 0 Å². The monoisotopic (exact) mass is 277 g/mol. The quantitative estimate of drug-likeness (QED) is 0.737. The number of anilines is 1. The first-order chi connectivity index (χ1) is 9.58. The van der Waals surface area contributed by atoms with Crippen molar-refractivity contribution in [2.45, 2.75) is 18.9 Å². The lowest BCUT2D eigenvalue weighted by Gasteiger charge is -2.16. The molecule has 1 aromatic carbocycles. The number of urea groups is 1. The molecule has 0 saturated heterocycles. The summed E-state index contributed by atoms with van der Waals surface area (Å²) in [4.78, 5) is 24.9. The molecule has 0 aromatic heterocycles. The van der Waals surface area contributed by atoms with Crippen molar-refractivity contribution < 1.29 is 14.7 Å². The molecule has 1 aliphatic rings. The Kier molecular flexibility index (Phi) is 4.57. The molecule has 20 heavy (non-hydrogen) atoms. The van der Waals surface area contributed by atoms with Gasteiger partial charge in [0.15, 0.2) is 0 Å². The molecule has 0 unspecified atom stereocenters.